The summed E-state index contributed by atoms with van der Waals surface area (Å²) in [7, 11) is 2.03. The van der Waals surface area contributed by atoms with Gasteiger partial charge in [0.2, 0.25) is 0 Å². The summed E-state index contributed by atoms with van der Waals surface area (Å²) in [5.74, 6) is 1.75. The van der Waals surface area contributed by atoms with Crippen LogP contribution in [0.4, 0.5) is 0 Å². The maximum Gasteiger partial charge on any atom is 0.254 e. The van der Waals surface area contributed by atoms with Gasteiger partial charge in [-0.25, -0.2) is 9.13 Å². The summed E-state index contributed by atoms with van der Waals surface area (Å²) >= 11 is 5.93. The Bertz CT molecular complexity index is 829. The molecule has 4 nitrogen and oxygen atoms in total. The fraction of sp³-hybridized carbons (Fsp3) is 0.278. The van der Waals surface area contributed by atoms with E-state index < -0.39 is 6.10 Å². The van der Waals surface area contributed by atoms with Crippen LogP contribution in [0.15, 0.2) is 48.5 Å². The molecule has 1 N–H and O–H groups in total. The highest BCUT2D eigenvalue weighted by Gasteiger charge is 2.21. The summed E-state index contributed by atoms with van der Waals surface area (Å²) in [5, 5.41) is 11.0. The maximum absolute atomic E-state index is 10.3. The molecule has 1 aromatic heterocycles. The van der Waals surface area contributed by atoms with Crippen molar-refractivity contribution in [3.63, 3.8) is 0 Å². The topological polar surface area (TPSA) is 38.3 Å². The van der Waals surface area contributed by atoms with Gasteiger partial charge >= 0.3 is 0 Å². The highest BCUT2D eigenvalue weighted by molar-refractivity contribution is 6.30. The molecule has 0 aliphatic carbocycles. The molecule has 3 rings (SSSR count). The summed E-state index contributed by atoms with van der Waals surface area (Å²) in [6.07, 6.45) is -0.608. The van der Waals surface area contributed by atoms with Gasteiger partial charge in [0.1, 0.15) is 25.0 Å². The zero-order valence-electron chi connectivity index (χ0n) is 13.2. The second-order valence-electron chi connectivity index (χ2n) is 5.63. The number of halogens is 1. The Balaban J connectivity index is 1.73. The van der Waals surface area contributed by atoms with Gasteiger partial charge in [-0.2, -0.15) is 0 Å². The lowest BCUT2D eigenvalue weighted by Gasteiger charge is -2.11. The fourth-order valence-electron chi connectivity index (χ4n) is 2.75. The van der Waals surface area contributed by atoms with Crippen molar-refractivity contribution in [3.05, 3.63) is 59.4 Å². The van der Waals surface area contributed by atoms with Gasteiger partial charge in [0.05, 0.1) is 7.05 Å². The van der Waals surface area contributed by atoms with Gasteiger partial charge in [-0.1, -0.05) is 29.8 Å². The Labute approximate surface area is 140 Å². The molecule has 0 bridgehead atoms. The molecule has 0 aliphatic rings. The van der Waals surface area contributed by atoms with E-state index in [9.17, 15) is 5.11 Å². The molecule has 0 fully saturated rings. The zero-order chi connectivity index (χ0) is 16.4. The number of rotatable bonds is 5. The minimum atomic E-state index is -0.608. The lowest BCUT2D eigenvalue weighted by molar-refractivity contribution is -0.652. The first kappa shape index (κ1) is 15.8. The van der Waals surface area contributed by atoms with Crippen molar-refractivity contribution in [3.8, 4) is 5.75 Å². The van der Waals surface area contributed by atoms with Crippen LogP contribution in [0.25, 0.3) is 11.0 Å². The van der Waals surface area contributed by atoms with E-state index in [1.807, 2.05) is 38.2 Å². The number of aliphatic hydroxyl groups excluding tert-OH is 1. The third-order valence-corrected chi connectivity index (χ3v) is 4.28. The molecule has 0 saturated heterocycles. The molecule has 0 aliphatic heterocycles. The van der Waals surface area contributed by atoms with Crippen molar-refractivity contribution in [2.75, 3.05) is 6.61 Å². The maximum atomic E-state index is 10.3. The smallest absolute Gasteiger partial charge is 0.254 e. The summed E-state index contributed by atoms with van der Waals surface area (Å²) in [6, 6.07) is 15.4. The number of aliphatic hydroxyl groups is 1. The van der Waals surface area contributed by atoms with Crippen LogP contribution >= 0.6 is 11.6 Å². The minimum absolute atomic E-state index is 0.218. The van der Waals surface area contributed by atoms with E-state index in [-0.39, 0.29) is 6.61 Å². The quantitative estimate of drug-likeness (QED) is 0.730. The molecule has 5 heteroatoms. The van der Waals surface area contributed by atoms with E-state index in [1.165, 1.54) is 0 Å². The summed E-state index contributed by atoms with van der Waals surface area (Å²) in [4.78, 5) is 0. The van der Waals surface area contributed by atoms with Crippen LogP contribution < -0.4 is 9.30 Å². The van der Waals surface area contributed by atoms with Gasteiger partial charge in [-0.05, 0) is 30.3 Å². The number of benzene rings is 2. The molecule has 0 radical (unpaired) electrons. The van der Waals surface area contributed by atoms with Crippen LogP contribution in [0.1, 0.15) is 5.82 Å². The molecular formula is C18H20ClN2O2+. The van der Waals surface area contributed by atoms with E-state index in [0.717, 1.165) is 16.9 Å². The predicted octanol–water partition coefficient (Wildman–Crippen LogP) is 2.87. The first-order chi connectivity index (χ1) is 11.1. The number of fused-ring (bicyclic) bond motifs is 1. The SMILES string of the molecule is Cc1n(C[C@@H](O)COc2cccc(Cl)c2)c2ccccc2[n+]1C. The van der Waals surface area contributed by atoms with Gasteiger partial charge in [0.15, 0.2) is 11.0 Å². The standard InChI is InChI=1S/C18H20ClN2O2/c1-13-20(2)17-8-3-4-9-18(17)21(13)11-15(22)12-23-16-7-5-6-14(19)10-16/h3-10,15,22H,11-12H2,1-2H3/q+1/t15-/m1/s1. The Morgan fingerprint density at radius 2 is 2.00 bits per heavy atom. The monoisotopic (exact) mass is 331 g/mol. The van der Waals surface area contributed by atoms with Gasteiger partial charge in [0, 0.05) is 11.9 Å². The summed E-state index contributed by atoms with van der Waals surface area (Å²) in [6.45, 7) is 2.74. The lowest BCUT2D eigenvalue weighted by Crippen LogP contribution is -2.32. The van der Waals surface area contributed by atoms with E-state index in [1.54, 1.807) is 12.1 Å². The molecule has 3 aromatic rings. The van der Waals surface area contributed by atoms with Crippen LogP contribution in [0.3, 0.4) is 0 Å². The molecule has 0 amide bonds. The number of aromatic nitrogens is 2. The van der Waals surface area contributed by atoms with Crippen LogP contribution in [0, 0.1) is 6.92 Å². The van der Waals surface area contributed by atoms with Crippen LogP contribution in [-0.4, -0.2) is 22.4 Å². The average Bonchev–Trinajstić information content (AvgIpc) is 2.79. The minimum Gasteiger partial charge on any atom is -0.491 e. The molecule has 120 valence electrons. The van der Waals surface area contributed by atoms with Crippen LogP contribution in [-0.2, 0) is 13.6 Å². The van der Waals surface area contributed by atoms with Crippen LogP contribution in [0.2, 0.25) is 5.02 Å². The lowest BCUT2D eigenvalue weighted by atomic mass is 10.3. The first-order valence-electron chi connectivity index (χ1n) is 7.56. The molecular weight excluding hydrogens is 312 g/mol. The van der Waals surface area contributed by atoms with Gasteiger partial charge in [-0.15, -0.1) is 0 Å². The number of hydrogen-bond donors (Lipinski definition) is 1. The Kier molecular flexibility index (Phi) is 4.55. The van der Waals surface area contributed by atoms with Crippen molar-refractivity contribution in [2.24, 2.45) is 7.05 Å². The molecule has 1 atom stereocenters. The van der Waals surface area contributed by atoms with Gasteiger partial charge in [-0.3, -0.25) is 0 Å². The second-order valence-corrected chi connectivity index (χ2v) is 6.06. The van der Waals surface area contributed by atoms with Crippen molar-refractivity contribution in [2.45, 2.75) is 19.6 Å². The number of hydrogen-bond acceptors (Lipinski definition) is 2. The Morgan fingerprint density at radius 3 is 2.78 bits per heavy atom. The molecule has 2 aromatic carbocycles. The Morgan fingerprint density at radius 1 is 1.22 bits per heavy atom. The summed E-state index contributed by atoms with van der Waals surface area (Å²) < 4.78 is 9.86. The van der Waals surface area contributed by atoms with Gasteiger partial charge < -0.3 is 9.84 Å². The number of aryl methyl sites for hydroxylation is 1. The van der Waals surface area contributed by atoms with Gasteiger partial charge in [0.25, 0.3) is 5.82 Å². The normalized spacial score (nSPS) is 12.5. The largest absolute Gasteiger partial charge is 0.491 e. The fourth-order valence-corrected chi connectivity index (χ4v) is 2.93. The number of ether oxygens (including phenoxy) is 1. The van der Waals surface area contributed by atoms with Crippen LogP contribution in [0.5, 0.6) is 5.75 Å². The molecule has 0 unspecified atom stereocenters. The predicted molar refractivity (Wildman–Crippen MR) is 90.8 cm³/mol. The molecule has 23 heavy (non-hydrogen) atoms. The van der Waals surface area contributed by atoms with Crippen molar-refractivity contribution in [1.29, 1.82) is 0 Å². The average molecular weight is 332 g/mol. The van der Waals surface area contributed by atoms with E-state index in [2.05, 4.69) is 21.3 Å². The third-order valence-electron chi connectivity index (χ3n) is 4.04. The highest BCUT2D eigenvalue weighted by atomic mass is 35.5. The van der Waals surface area contributed by atoms with Crippen molar-refractivity contribution < 1.29 is 14.4 Å². The number of para-hydroxylation sites is 2. The van der Waals surface area contributed by atoms with E-state index in [4.69, 9.17) is 16.3 Å². The molecule has 1 heterocycles. The van der Waals surface area contributed by atoms with Crippen molar-refractivity contribution in [1.82, 2.24) is 4.57 Å². The Hall–Kier alpha value is -2.04. The molecule has 0 saturated carbocycles. The second kappa shape index (κ2) is 6.60. The highest BCUT2D eigenvalue weighted by Crippen LogP contribution is 2.18. The first-order valence-corrected chi connectivity index (χ1v) is 7.94. The zero-order valence-corrected chi connectivity index (χ0v) is 14.0. The number of nitrogens with zero attached hydrogens (tertiary/aromatic N) is 2. The van der Waals surface area contributed by atoms with Crippen molar-refractivity contribution >= 4 is 22.6 Å². The number of imidazole rings is 1. The van der Waals surface area contributed by atoms with E-state index >= 15 is 0 Å². The van der Waals surface area contributed by atoms with E-state index in [0.29, 0.717) is 17.3 Å². The third kappa shape index (κ3) is 3.33. The summed E-state index contributed by atoms with van der Waals surface area (Å²) in [5.41, 5.74) is 2.25. The molecule has 0 spiro atoms.